The van der Waals surface area contributed by atoms with Gasteiger partial charge in [0.2, 0.25) is 0 Å². The van der Waals surface area contributed by atoms with Gasteiger partial charge in [0.1, 0.15) is 16.4 Å². The van der Waals surface area contributed by atoms with Crippen molar-refractivity contribution in [3.05, 3.63) is 21.9 Å². The normalized spacial score (nSPS) is 10.0. The van der Waals surface area contributed by atoms with Crippen molar-refractivity contribution < 1.29 is 13.5 Å². The van der Waals surface area contributed by atoms with E-state index in [9.17, 15) is 8.78 Å². The van der Waals surface area contributed by atoms with Gasteiger partial charge in [0.15, 0.2) is 5.69 Å². The van der Waals surface area contributed by atoms with Crippen LogP contribution < -0.4 is 4.74 Å². The SMILES string of the molecule is COc1cc(Br)nc(C#N)c1C(F)F. The Hall–Kier alpha value is -1.22. The Bertz CT molecular complexity index is 390. The number of methoxy groups -OCH3 is 1. The first kappa shape index (κ1) is 10.9. The second-order valence-electron chi connectivity index (χ2n) is 2.32. The first-order valence-electron chi connectivity index (χ1n) is 3.52. The van der Waals surface area contributed by atoms with Crippen molar-refractivity contribution in [2.45, 2.75) is 6.43 Å². The lowest BCUT2D eigenvalue weighted by molar-refractivity contribution is 0.146. The standard InChI is InChI=1S/C8H5BrF2N2O/c1-14-5-2-6(9)13-4(3-12)7(5)8(10)11/h2,8H,1H3. The summed E-state index contributed by atoms with van der Waals surface area (Å²) in [6, 6.07) is 2.89. The molecule has 0 bridgehead atoms. The predicted octanol–water partition coefficient (Wildman–Crippen LogP) is 2.66. The van der Waals surface area contributed by atoms with Gasteiger partial charge in [0, 0.05) is 6.07 Å². The minimum atomic E-state index is -2.78. The third kappa shape index (κ3) is 1.99. The summed E-state index contributed by atoms with van der Waals surface area (Å²) in [6.45, 7) is 0. The lowest BCUT2D eigenvalue weighted by Gasteiger charge is -2.08. The Kier molecular flexibility index (Phi) is 3.36. The minimum absolute atomic E-state index is 0.0431. The van der Waals surface area contributed by atoms with Crippen molar-refractivity contribution in [2.24, 2.45) is 0 Å². The van der Waals surface area contributed by atoms with Gasteiger partial charge in [-0.05, 0) is 15.9 Å². The molecule has 0 amide bonds. The number of nitrogens with zero attached hydrogens (tertiary/aromatic N) is 2. The molecule has 6 heteroatoms. The second-order valence-corrected chi connectivity index (χ2v) is 3.13. The number of rotatable bonds is 2. The van der Waals surface area contributed by atoms with Crippen LogP contribution in [0.25, 0.3) is 0 Å². The molecule has 0 aliphatic rings. The smallest absolute Gasteiger partial charge is 0.270 e. The summed E-state index contributed by atoms with van der Waals surface area (Å²) in [7, 11) is 1.26. The van der Waals surface area contributed by atoms with Crippen LogP contribution in [0.3, 0.4) is 0 Å². The molecule has 0 fully saturated rings. The van der Waals surface area contributed by atoms with E-state index in [1.165, 1.54) is 13.2 Å². The number of ether oxygens (including phenoxy) is 1. The van der Waals surface area contributed by atoms with Crippen LogP contribution in [0.15, 0.2) is 10.7 Å². The van der Waals surface area contributed by atoms with Crippen molar-refractivity contribution in [2.75, 3.05) is 7.11 Å². The van der Waals surface area contributed by atoms with Gasteiger partial charge < -0.3 is 4.74 Å². The van der Waals surface area contributed by atoms with Gasteiger partial charge in [-0.25, -0.2) is 13.8 Å². The summed E-state index contributed by atoms with van der Waals surface area (Å²) < 4.78 is 30.0. The highest BCUT2D eigenvalue weighted by molar-refractivity contribution is 9.10. The second kappa shape index (κ2) is 4.33. The number of pyridine rings is 1. The topological polar surface area (TPSA) is 45.9 Å². The number of alkyl halides is 2. The molecule has 14 heavy (non-hydrogen) atoms. The average molecular weight is 263 g/mol. The van der Waals surface area contributed by atoms with Crippen LogP contribution in [-0.4, -0.2) is 12.1 Å². The van der Waals surface area contributed by atoms with E-state index in [0.29, 0.717) is 0 Å². The highest BCUT2D eigenvalue weighted by Crippen LogP contribution is 2.32. The van der Waals surface area contributed by atoms with Gasteiger partial charge in [0.05, 0.1) is 12.7 Å². The fourth-order valence-electron chi connectivity index (χ4n) is 0.967. The molecule has 0 saturated carbocycles. The minimum Gasteiger partial charge on any atom is -0.496 e. The van der Waals surface area contributed by atoms with E-state index in [4.69, 9.17) is 10.00 Å². The van der Waals surface area contributed by atoms with Crippen LogP contribution in [0, 0.1) is 11.3 Å². The number of nitriles is 1. The molecule has 3 nitrogen and oxygen atoms in total. The zero-order valence-corrected chi connectivity index (χ0v) is 8.68. The van der Waals surface area contributed by atoms with Crippen LogP contribution in [-0.2, 0) is 0 Å². The summed E-state index contributed by atoms with van der Waals surface area (Å²) in [5.41, 5.74) is -0.801. The maximum atomic E-state index is 12.5. The molecular weight excluding hydrogens is 258 g/mol. The molecule has 1 rings (SSSR count). The lowest BCUT2D eigenvalue weighted by atomic mass is 10.2. The van der Waals surface area contributed by atoms with Crippen molar-refractivity contribution in [1.82, 2.24) is 4.98 Å². The van der Waals surface area contributed by atoms with Crippen molar-refractivity contribution in [1.29, 1.82) is 5.26 Å². The van der Waals surface area contributed by atoms with Gasteiger partial charge in [-0.1, -0.05) is 0 Å². The Morgan fingerprint density at radius 1 is 1.64 bits per heavy atom. The molecule has 1 aromatic rings. The molecule has 0 aliphatic carbocycles. The van der Waals surface area contributed by atoms with E-state index in [2.05, 4.69) is 20.9 Å². The summed E-state index contributed by atoms with van der Waals surface area (Å²) in [6.07, 6.45) is -2.78. The first-order chi connectivity index (χ1) is 6.60. The van der Waals surface area contributed by atoms with Crippen molar-refractivity contribution in [3.8, 4) is 11.8 Å². The van der Waals surface area contributed by atoms with Crippen LogP contribution in [0.4, 0.5) is 8.78 Å². The molecule has 0 unspecified atom stereocenters. The van der Waals surface area contributed by atoms with Gasteiger partial charge in [0.25, 0.3) is 6.43 Å². The number of hydrogen-bond donors (Lipinski definition) is 0. The molecule has 0 N–H and O–H groups in total. The summed E-state index contributed by atoms with van der Waals surface area (Å²) in [4.78, 5) is 3.62. The quantitative estimate of drug-likeness (QED) is 0.770. The maximum Gasteiger partial charge on any atom is 0.270 e. The molecule has 0 spiro atoms. The van der Waals surface area contributed by atoms with Crippen LogP contribution >= 0.6 is 15.9 Å². The molecule has 74 valence electrons. The maximum absolute atomic E-state index is 12.5. The zero-order chi connectivity index (χ0) is 10.7. The number of halogens is 3. The fraction of sp³-hybridized carbons (Fsp3) is 0.250. The van der Waals surface area contributed by atoms with Gasteiger partial charge in [-0.3, -0.25) is 0 Å². The number of hydrogen-bond acceptors (Lipinski definition) is 3. The largest absolute Gasteiger partial charge is 0.496 e. The van der Waals surface area contributed by atoms with Crippen LogP contribution in [0.5, 0.6) is 5.75 Å². The number of aromatic nitrogens is 1. The van der Waals surface area contributed by atoms with E-state index in [-0.39, 0.29) is 16.0 Å². The molecule has 1 heterocycles. The van der Waals surface area contributed by atoms with Crippen molar-refractivity contribution in [3.63, 3.8) is 0 Å². The van der Waals surface area contributed by atoms with Crippen LogP contribution in [0.2, 0.25) is 0 Å². The molecule has 0 atom stereocenters. The molecule has 0 aromatic carbocycles. The third-order valence-corrected chi connectivity index (χ3v) is 1.94. The highest BCUT2D eigenvalue weighted by atomic mass is 79.9. The third-order valence-electron chi connectivity index (χ3n) is 1.53. The van der Waals surface area contributed by atoms with Gasteiger partial charge in [-0.2, -0.15) is 5.26 Å². The molecule has 0 saturated heterocycles. The van der Waals surface area contributed by atoms with Crippen LogP contribution in [0.1, 0.15) is 17.7 Å². The van der Waals surface area contributed by atoms with E-state index >= 15 is 0 Å². The van der Waals surface area contributed by atoms with E-state index in [1.54, 1.807) is 6.07 Å². The van der Waals surface area contributed by atoms with E-state index in [1.807, 2.05) is 0 Å². The van der Waals surface area contributed by atoms with Crippen molar-refractivity contribution >= 4 is 15.9 Å². The molecule has 0 radical (unpaired) electrons. The summed E-state index contributed by atoms with van der Waals surface area (Å²) in [5, 5.41) is 8.59. The molecule has 1 aromatic heterocycles. The lowest BCUT2D eigenvalue weighted by Crippen LogP contribution is -1.99. The Morgan fingerprint density at radius 2 is 2.29 bits per heavy atom. The zero-order valence-electron chi connectivity index (χ0n) is 7.09. The predicted molar refractivity (Wildman–Crippen MR) is 48.2 cm³/mol. The first-order valence-corrected chi connectivity index (χ1v) is 4.32. The summed E-state index contributed by atoms with van der Waals surface area (Å²) in [5.74, 6) is -0.0431. The Morgan fingerprint density at radius 3 is 2.71 bits per heavy atom. The fourth-order valence-corrected chi connectivity index (χ4v) is 1.35. The Labute approximate surface area is 87.5 Å². The summed E-state index contributed by atoms with van der Waals surface area (Å²) >= 11 is 2.99. The Balaban J connectivity index is 3.42. The molecule has 0 aliphatic heterocycles. The highest BCUT2D eigenvalue weighted by Gasteiger charge is 2.20. The van der Waals surface area contributed by atoms with Gasteiger partial charge >= 0.3 is 0 Å². The molecular formula is C8H5BrF2N2O. The average Bonchev–Trinajstić information content (AvgIpc) is 2.15. The van der Waals surface area contributed by atoms with E-state index < -0.39 is 12.0 Å². The van der Waals surface area contributed by atoms with E-state index in [0.717, 1.165) is 0 Å². The van der Waals surface area contributed by atoms with Gasteiger partial charge in [-0.15, -0.1) is 0 Å². The monoisotopic (exact) mass is 262 g/mol.